The van der Waals surface area contributed by atoms with Crippen LogP contribution in [0.4, 0.5) is 0 Å². The minimum Gasteiger partial charge on any atom is -0.337 e. The number of benzene rings is 2. The number of nitrogens with zero attached hydrogens (tertiary/aromatic N) is 4. The highest BCUT2D eigenvalue weighted by molar-refractivity contribution is 7.98. The molecule has 0 fully saturated rings. The largest absolute Gasteiger partial charge is 0.337 e. The van der Waals surface area contributed by atoms with E-state index in [1.54, 1.807) is 17.8 Å². The van der Waals surface area contributed by atoms with Gasteiger partial charge in [-0.3, -0.25) is 4.79 Å². The van der Waals surface area contributed by atoms with Crippen LogP contribution in [0.15, 0.2) is 80.9 Å². The molecule has 0 N–H and O–H groups in total. The maximum absolute atomic E-state index is 12.2. The van der Waals surface area contributed by atoms with Crippen LogP contribution in [0, 0.1) is 0 Å². The second kappa shape index (κ2) is 7.59. The molecule has 7 heteroatoms. The van der Waals surface area contributed by atoms with E-state index >= 15 is 0 Å². The van der Waals surface area contributed by atoms with E-state index in [4.69, 9.17) is 4.52 Å². The fourth-order valence-corrected chi connectivity index (χ4v) is 3.04. The third-order valence-corrected chi connectivity index (χ3v) is 4.78. The normalized spacial score (nSPS) is 10.9. The first-order valence-electron chi connectivity index (χ1n) is 8.33. The highest BCUT2D eigenvalue weighted by atomic mass is 32.2. The van der Waals surface area contributed by atoms with Crippen LogP contribution in [0.3, 0.4) is 0 Å². The molecule has 0 aliphatic rings. The van der Waals surface area contributed by atoms with E-state index in [2.05, 4.69) is 15.2 Å². The van der Waals surface area contributed by atoms with Crippen molar-refractivity contribution in [2.45, 2.75) is 11.4 Å². The molecule has 0 radical (unpaired) electrons. The summed E-state index contributed by atoms with van der Waals surface area (Å²) in [4.78, 5) is 17.7. The zero-order valence-corrected chi connectivity index (χ0v) is 15.4. The van der Waals surface area contributed by atoms with Crippen molar-refractivity contribution in [2.75, 3.05) is 6.26 Å². The fourth-order valence-electron chi connectivity index (χ4n) is 2.63. The Hall–Kier alpha value is -3.19. The first-order valence-corrected chi connectivity index (χ1v) is 9.56. The molecule has 0 amide bonds. The van der Waals surface area contributed by atoms with Crippen LogP contribution >= 0.6 is 11.8 Å². The van der Waals surface area contributed by atoms with Crippen LogP contribution in [-0.2, 0) is 6.54 Å². The maximum Gasteiger partial charge on any atom is 0.267 e. The maximum atomic E-state index is 12.2. The first-order chi connectivity index (χ1) is 13.2. The Morgan fingerprint density at radius 3 is 2.48 bits per heavy atom. The molecule has 4 aromatic rings. The molecule has 0 aliphatic carbocycles. The van der Waals surface area contributed by atoms with Crippen LogP contribution in [0.25, 0.3) is 22.6 Å². The van der Waals surface area contributed by atoms with Gasteiger partial charge in [0.1, 0.15) is 6.54 Å². The fraction of sp³-hybridized carbons (Fsp3) is 0.100. The van der Waals surface area contributed by atoms with Gasteiger partial charge in [-0.15, -0.1) is 11.8 Å². The van der Waals surface area contributed by atoms with Crippen molar-refractivity contribution in [3.05, 3.63) is 83.0 Å². The Bertz CT molecular complexity index is 1100. The number of hydrogen-bond acceptors (Lipinski definition) is 6. The Morgan fingerprint density at radius 2 is 1.74 bits per heavy atom. The minimum atomic E-state index is -0.223. The molecular weight excluding hydrogens is 360 g/mol. The van der Waals surface area contributed by atoms with Crippen LogP contribution in [0.5, 0.6) is 0 Å². The van der Waals surface area contributed by atoms with Gasteiger partial charge in [0, 0.05) is 22.1 Å². The van der Waals surface area contributed by atoms with Crippen molar-refractivity contribution in [2.24, 2.45) is 0 Å². The van der Waals surface area contributed by atoms with E-state index in [-0.39, 0.29) is 12.1 Å². The summed E-state index contributed by atoms with van der Waals surface area (Å²) >= 11 is 1.67. The molecular formula is C20H16N4O2S. The molecule has 0 unspecified atom stereocenters. The van der Waals surface area contributed by atoms with E-state index in [1.165, 1.54) is 10.7 Å². The standard InChI is InChI=1S/C20H16N4O2S/c1-27-16-9-7-15(8-10-16)20-21-18(26-23-20)13-24-19(25)12-11-17(22-24)14-5-3-2-4-6-14/h2-12H,13H2,1H3. The Morgan fingerprint density at radius 1 is 0.963 bits per heavy atom. The average Bonchev–Trinajstić information content (AvgIpc) is 3.19. The van der Waals surface area contributed by atoms with Gasteiger partial charge >= 0.3 is 0 Å². The van der Waals surface area contributed by atoms with Crippen molar-refractivity contribution >= 4 is 11.8 Å². The second-order valence-corrected chi connectivity index (χ2v) is 6.70. The molecule has 2 heterocycles. The molecule has 0 aliphatic heterocycles. The smallest absolute Gasteiger partial charge is 0.267 e. The zero-order chi connectivity index (χ0) is 18.6. The number of hydrogen-bond donors (Lipinski definition) is 0. The van der Waals surface area contributed by atoms with Crippen LogP contribution < -0.4 is 5.56 Å². The van der Waals surface area contributed by atoms with Crippen LogP contribution in [0.1, 0.15) is 5.89 Å². The van der Waals surface area contributed by atoms with Gasteiger partial charge in [-0.05, 0) is 36.6 Å². The quantitative estimate of drug-likeness (QED) is 0.494. The molecule has 27 heavy (non-hydrogen) atoms. The summed E-state index contributed by atoms with van der Waals surface area (Å²) in [6.07, 6.45) is 2.02. The molecule has 134 valence electrons. The van der Waals surface area contributed by atoms with Crippen LogP contribution in [0.2, 0.25) is 0 Å². The zero-order valence-electron chi connectivity index (χ0n) is 14.6. The molecule has 4 rings (SSSR count). The molecule has 2 aromatic carbocycles. The molecule has 0 spiro atoms. The summed E-state index contributed by atoms with van der Waals surface area (Å²) in [5.41, 5.74) is 2.29. The number of rotatable bonds is 5. The van der Waals surface area contributed by atoms with Crippen molar-refractivity contribution in [1.82, 2.24) is 19.9 Å². The van der Waals surface area contributed by atoms with Gasteiger partial charge in [-0.1, -0.05) is 35.5 Å². The number of thioether (sulfide) groups is 1. The lowest BCUT2D eigenvalue weighted by molar-refractivity contribution is 0.363. The Balaban J connectivity index is 1.59. The summed E-state index contributed by atoms with van der Waals surface area (Å²) in [5, 5.41) is 8.43. The molecule has 0 atom stereocenters. The molecule has 2 aromatic heterocycles. The molecule has 0 saturated heterocycles. The van der Waals surface area contributed by atoms with E-state index in [1.807, 2.05) is 60.9 Å². The second-order valence-electron chi connectivity index (χ2n) is 5.82. The van der Waals surface area contributed by atoms with Gasteiger partial charge in [0.05, 0.1) is 5.69 Å². The van der Waals surface area contributed by atoms with Gasteiger partial charge in [0.15, 0.2) is 0 Å². The highest BCUT2D eigenvalue weighted by Gasteiger charge is 2.11. The number of aromatic nitrogens is 4. The summed E-state index contributed by atoms with van der Waals surface area (Å²) in [6.45, 7) is 0.120. The van der Waals surface area contributed by atoms with Gasteiger partial charge in [-0.2, -0.15) is 10.1 Å². The van der Waals surface area contributed by atoms with E-state index in [0.717, 1.165) is 16.0 Å². The Kier molecular flexibility index (Phi) is 4.84. The highest BCUT2D eigenvalue weighted by Crippen LogP contribution is 2.21. The van der Waals surface area contributed by atoms with Gasteiger partial charge in [-0.25, -0.2) is 4.68 Å². The van der Waals surface area contributed by atoms with Crippen molar-refractivity contribution in [3.8, 4) is 22.6 Å². The van der Waals surface area contributed by atoms with E-state index in [0.29, 0.717) is 17.4 Å². The van der Waals surface area contributed by atoms with Gasteiger partial charge < -0.3 is 4.52 Å². The molecule has 6 nitrogen and oxygen atoms in total. The Labute approximate surface area is 159 Å². The van der Waals surface area contributed by atoms with Crippen molar-refractivity contribution < 1.29 is 4.52 Å². The van der Waals surface area contributed by atoms with Crippen molar-refractivity contribution in [3.63, 3.8) is 0 Å². The molecule has 0 saturated carbocycles. The van der Waals surface area contributed by atoms with E-state index < -0.39 is 0 Å². The predicted octanol–water partition coefficient (Wildman–Crippen LogP) is 3.73. The van der Waals surface area contributed by atoms with Gasteiger partial charge in [0.25, 0.3) is 5.56 Å². The first kappa shape index (κ1) is 17.2. The topological polar surface area (TPSA) is 73.8 Å². The van der Waals surface area contributed by atoms with Crippen molar-refractivity contribution in [1.29, 1.82) is 0 Å². The lowest BCUT2D eigenvalue weighted by Crippen LogP contribution is -2.23. The average molecular weight is 376 g/mol. The van der Waals surface area contributed by atoms with E-state index in [9.17, 15) is 4.79 Å². The minimum absolute atomic E-state index is 0.120. The van der Waals surface area contributed by atoms with Crippen LogP contribution in [-0.4, -0.2) is 26.2 Å². The summed E-state index contributed by atoms with van der Waals surface area (Å²) < 4.78 is 6.64. The predicted molar refractivity (Wildman–Crippen MR) is 105 cm³/mol. The monoisotopic (exact) mass is 376 g/mol. The lowest BCUT2D eigenvalue weighted by Gasteiger charge is -2.04. The lowest BCUT2D eigenvalue weighted by atomic mass is 10.1. The summed E-state index contributed by atoms with van der Waals surface area (Å²) in [6, 6.07) is 20.8. The van der Waals surface area contributed by atoms with Gasteiger partial charge in [0.2, 0.25) is 11.7 Å². The molecule has 0 bridgehead atoms. The summed E-state index contributed by atoms with van der Waals surface area (Å²) in [5.74, 6) is 0.823. The summed E-state index contributed by atoms with van der Waals surface area (Å²) in [7, 11) is 0. The third kappa shape index (κ3) is 3.83. The SMILES string of the molecule is CSc1ccc(-c2noc(Cn3nc(-c4ccccc4)ccc3=O)n2)cc1. The third-order valence-electron chi connectivity index (χ3n) is 4.04.